The molecule has 0 spiro atoms. The summed E-state index contributed by atoms with van der Waals surface area (Å²) >= 11 is 0. The van der Waals surface area contributed by atoms with Crippen molar-refractivity contribution in [3.63, 3.8) is 0 Å². The van der Waals surface area contributed by atoms with Crippen molar-refractivity contribution >= 4 is 16.9 Å². The Morgan fingerprint density at radius 2 is 2.19 bits per heavy atom. The Labute approximate surface area is 125 Å². The molecule has 2 aromatic rings. The summed E-state index contributed by atoms with van der Waals surface area (Å²) in [4.78, 5) is 18.8. The van der Waals surface area contributed by atoms with Gasteiger partial charge in [0.2, 0.25) is 5.91 Å². The Morgan fingerprint density at radius 3 is 3.05 bits per heavy atom. The zero-order valence-electron chi connectivity index (χ0n) is 12.6. The van der Waals surface area contributed by atoms with E-state index in [1.54, 1.807) is 0 Å². The lowest BCUT2D eigenvalue weighted by Crippen LogP contribution is -2.57. The first-order valence-electron chi connectivity index (χ1n) is 7.59. The molecule has 3 rings (SSSR count). The van der Waals surface area contributed by atoms with E-state index in [9.17, 15) is 4.79 Å². The molecule has 112 valence electrons. The first kappa shape index (κ1) is 14.1. The second kappa shape index (κ2) is 5.85. The quantitative estimate of drug-likeness (QED) is 0.933. The molecule has 0 aliphatic carbocycles. The summed E-state index contributed by atoms with van der Waals surface area (Å²) in [7, 11) is 0. The van der Waals surface area contributed by atoms with Crippen LogP contribution in [0, 0.1) is 0 Å². The number of nitrogens with zero attached hydrogens (tertiary/aromatic N) is 3. The van der Waals surface area contributed by atoms with Crippen molar-refractivity contribution in [3.05, 3.63) is 30.6 Å². The normalized spacial score (nSPS) is 22.7. The van der Waals surface area contributed by atoms with E-state index in [0.717, 1.165) is 24.1 Å². The molecule has 0 radical (unpaired) electrons. The fourth-order valence-corrected chi connectivity index (χ4v) is 2.96. The van der Waals surface area contributed by atoms with Gasteiger partial charge in [-0.2, -0.15) is 0 Å². The lowest BCUT2D eigenvalue weighted by atomic mass is 10.1. The average Bonchev–Trinajstić information content (AvgIpc) is 2.91. The van der Waals surface area contributed by atoms with Crippen LogP contribution in [0.1, 0.15) is 20.3 Å². The largest absolute Gasteiger partial charge is 0.337 e. The Kier molecular flexibility index (Phi) is 3.92. The molecule has 21 heavy (non-hydrogen) atoms. The van der Waals surface area contributed by atoms with Crippen LogP contribution < -0.4 is 5.32 Å². The van der Waals surface area contributed by atoms with Gasteiger partial charge in [0.15, 0.2) is 0 Å². The number of carbonyl (C=O) groups is 1. The highest BCUT2D eigenvalue weighted by Crippen LogP contribution is 2.14. The average molecular weight is 286 g/mol. The lowest BCUT2D eigenvalue weighted by molar-refractivity contribution is -0.135. The summed E-state index contributed by atoms with van der Waals surface area (Å²) in [6.07, 6.45) is 2.35. The summed E-state index contributed by atoms with van der Waals surface area (Å²) in [5.74, 6) is 0.230. The Balaban J connectivity index is 1.66. The van der Waals surface area contributed by atoms with E-state index in [4.69, 9.17) is 0 Å². The first-order valence-corrected chi connectivity index (χ1v) is 7.59. The van der Waals surface area contributed by atoms with Gasteiger partial charge in [-0.15, -0.1) is 0 Å². The van der Waals surface area contributed by atoms with E-state index < -0.39 is 0 Å². The molecular weight excluding hydrogens is 264 g/mol. The molecule has 1 amide bonds. The van der Waals surface area contributed by atoms with Crippen molar-refractivity contribution in [2.75, 3.05) is 13.1 Å². The van der Waals surface area contributed by atoms with Crippen LogP contribution in [0.25, 0.3) is 11.0 Å². The van der Waals surface area contributed by atoms with Gasteiger partial charge in [0.05, 0.1) is 17.4 Å². The van der Waals surface area contributed by atoms with Gasteiger partial charge < -0.3 is 14.8 Å². The summed E-state index contributed by atoms with van der Waals surface area (Å²) in [5, 5.41) is 3.40. The topological polar surface area (TPSA) is 50.2 Å². The number of nitrogens with one attached hydrogen (secondary N) is 1. The number of aromatic nitrogens is 2. The highest BCUT2D eigenvalue weighted by atomic mass is 16.2. The van der Waals surface area contributed by atoms with Crippen LogP contribution in [0.2, 0.25) is 0 Å². The van der Waals surface area contributed by atoms with Gasteiger partial charge in [0, 0.05) is 38.1 Å². The van der Waals surface area contributed by atoms with Crippen molar-refractivity contribution in [1.29, 1.82) is 0 Å². The number of piperazine rings is 1. The fourth-order valence-electron chi connectivity index (χ4n) is 2.96. The molecule has 0 saturated carbocycles. The van der Waals surface area contributed by atoms with Crippen LogP contribution in [0.3, 0.4) is 0 Å². The van der Waals surface area contributed by atoms with Crippen LogP contribution in [0.4, 0.5) is 0 Å². The monoisotopic (exact) mass is 286 g/mol. The molecular formula is C16H22N4O. The van der Waals surface area contributed by atoms with Gasteiger partial charge in [-0.3, -0.25) is 4.79 Å². The summed E-state index contributed by atoms with van der Waals surface area (Å²) < 4.78 is 2.06. The van der Waals surface area contributed by atoms with E-state index in [2.05, 4.69) is 28.7 Å². The van der Waals surface area contributed by atoms with Crippen LogP contribution >= 0.6 is 0 Å². The zero-order valence-corrected chi connectivity index (χ0v) is 12.6. The Bertz CT molecular complexity index is 636. The molecule has 1 N–H and O–H groups in total. The number of amides is 1. The van der Waals surface area contributed by atoms with Crippen LogP contribution in [-0.4, -0.2) is 45.5 Å². The SMILES string of the molecule is CC1NCCN(C(=O)CCn2cnc3ccccc32)C1C. The minimum Gasteiger partial charge on any atom is -0.337 e. The van der Waals surface area contributed by atoms with E-state index >= 15 is 0 Å². The number of fused-ring (bicyclic) bond motifs is 1. The van der Waals surface area contributed by atoms with E-state index in [0.29, 0.717) is 19.0 Å². The van der Waals surface area contributed by atoms with Crippen molar-refractivity contribution < 1.29 is 4.79 Å². The van der Waals surface area contributed by atoms with Crippen LogP contribution in [0.5, 0.6) is 0 Å². The third-order valence-electron chi connectivity index (χ3n) is 4.45. The molecule has 2 atom stereocenters. The van der Waals surface area contributed by atoms with Gasteiger partial charge in [-0.25, -0.2) is 4.98 Å². The van der Waals surface area contributed by atoms with Gasteiger partial charge in [-0.05, 0) is 26.0 Å². The number of imidazole rings is 1. The summed E-state index contributed by atoms with van der Waals surface area (Å²) in [6, 6.07) is 8.63. The van der Waals surface area contributed by atoms with Crippen molar-refractivity contribution in [2.45, 2.75) is 38.9 Å². The van der Waals surface area contributed by atoms with Crippen molar-refractivity contribution in [3.8, 4) is 0 Å². The fraction of sp³-hybridized carbons (Fsp3) is 0.500. The number of para-hydroxylation sites is 2. The van der Waals surface area contributed by atoms with Gasteiger partial charge >= 0.3 is 0 Å². The number of hydrogen-bond donors (Lipinski definition) is 1. The van der Waals surface area contributed by atoms with E-state index in [-0.39, 0.29) is 11.9 Å². The molecule has 1 aromatic carbocycles. The molecule has 5 heteroatoms. The molecule has 2 heterocycles. The predicted molar refractivity (Wildman–Crippen MR) is 83.0 cm³/mol. The molecule has 1 aromatic heterocycles. The smallest absolute Gasteiger partial charge is 0.224 e. The number of aryl methyl sites for hydroxylation is 1. The standard InChI is InChI=1S/C16H22N4O/c1-12-13(2)20(10-8-17-12)16(21)7-9-19-11-18-14-5-3-4-6-15(14)19/h3-6,11-13,17H,7-10H2,1-2H3. The minimum atomic E-state index is 0.230. The molecule has 1 fully saturated rings. The Morgan fingerprint density at radius 1 is 1.38 bits per heavy atom. The van der Waals surface area contributed by atoms with Crippen molar-refractivity contribution in [2.24, 2.45) is 0 Å². The molecule has 1 aliphatic rings. The zero-order chi connectivity index (χ0) is 14.8. The van der Waals surface area contributed by atoms with Gasteiger partial charge in [-0.1, -0.05) is 12.1 Å². The maximum Gasteiger partial charge on any atom is 0.224 e. The Hall–Kier alpha value is -1.88. The minimum absolute atomic E-state index is 0.230. The number of benzene rings is 1. The van der Waals surface area contributed by atoms with Crippen molar-refractivity contribution in [1.82, 2.24) is 19.8 Å². The second-order valence-corrected chi connectivity index (χ2v) is 5.75. The lowest BCUT2D eigenvalue weighted by Gasteiger charge is -2.38. The molecule has 2 unspecified atom stereocenters. The number of hydrogen-bond acceptors (Lipinski definition) is 3. The third-order valence-corrected chi connectivity index (χ3v) is 4.45. The maximum absolute atomic E-state index is 12.4. The highest BCUT2D eigenvalue weighted by Gasteiger charge is 2.27. The molecule has 1 aliphatic heterocycles. The summed E-state index contributed by atoms with van der Waals surface area (Å²) in [6.45, 7) is 6.61. The first-order chi connectivity index (χ1) is 10.2. The molecule has 1 saturated heterocycles. The second-order valence-electron chi connectivity index (χ2n) is 5.75. The molecule has 5 nitrogen and oxygen atoms in total. The number of carbonyl (C=O) groups excluding carboxylic acids is 1. The van der Waals surface area contributed by atoms with Crippen LogP contribution in [0.15, 0.2) is 30.6 Å². The number of rotatable bonds is 3. The van der Waals surface area contributed by atoms with Crippen LogP contribution in [-0.2, 0) is 11.3 Å². The van der Waals surface area contributed by atoms with E-state index in [1.165, 1.54) is 0 Å². The van der Waals surface area contributed by atoms with Gasteiger partial charge in [0.25, 0.3) is 0 Å². The maximum atomic E-state index is 12.4. The third kappa shape index (κ3) is 2.78. The predicted octanol–water partition coefficient (Wildman–Crippen LogP) is 1.64. The highest BCUT2D eigenvalue weighted by molar-refractivity contribution is 5.78. The van der Waals surface area contributed by atoms with E-state index in [1.807, 2.05) is 35.5 Å². The summed E-state index contributed by atoms with van der Waals surface area (Å²) in [5.41, 5.74) is 2.07. The molecule has 0 bridgehead atoms. The van der Waals surface area contributed by atoms with Gasteiger partial charge in [0.1, 0.15) is 0 Å².